The molecule has 0 bridgehead atoms. The number of nitrogens with one attached hydrogen (secondary N) is 1. The molecule has 0 fully saturated rings. The molecule has 4 N–H and O–H groups in total. The first-order chi connectivity index (χ1) is 15.0. The Balaban J connectivity index is 0. The molecule has 0 saturated heterocycles. The molecule has 0 radical (unpaired) electrons. The van der Waals surface area contributed by atoms with Gasteiger partial charge in [0.25, 0.3) is 7.82 Å². The number of amides is 1. The van der Waals surface area contributed by atoms with Gasteiger partial charge in [-0.3, -0.25) is 13.9 Å². The molecule has 3 atom stereocenters. The summed E-state index contributed by atoms with van der Waals surface area (Å²) in [7, 11) is -5.24. The van der Waals surface area contributed by atoms with Crippen LogP contribution in [-0.4, -0.2) is 77.1 Å². The number of aliphatic carboxylic acids is 1. The predicted octanol–water partition coefficient (Wildman–Crippen LogP) is -3.62. The van der Waals surface area contributed by atoms with Crippen LogP contribution in [0.1, 0.15) is 71.1 Å². The van der Waals surface area contributed by atoms with Crippen LogP contribution in [0, 0.1) is 0 Å². The van der Waals surface area contributed by atoms with Crippen LogP contribution < -0.4 is 44.9 Å². The molecule has 33 heavy (non-hydrogen) atoms. The molecule has 0 aliphatic carbocycles. The van der Waals surface area contributed by atoms with Crippen LogP contribution in [0.15, 0.2) is 0 Å². The van der Waals surface area contributed by atoms with Crippen LogP contribution in [0.5, 0.6) is 0 Å². The van der Waals surface area contributed by atoms with Gasteiger partial charge in [0.05, 0.1) is 25.7 Å². The summed E-state index contributed by atoms with van der Waals surface area (Å²) >= 11 is 0. The average molecular weight is 507 g/mol. The van der Waals surface area contributed by atoms with Crippen molar-refractivity contribution >= 4 is 19.7 Å². The molecule has 0 aromatic carbocycles. The summed E-state index contributed by atoms with van der Waals surface area (Å²) < 4.78 is 14.4. The molecule has 0 rings (SSSR count). The first-order valence-corrected chi connectivity index (χ1v) is 12.9. The van der Waals surface area contributed by atoms with Gasteiger partial charge < -0.3 is 39.7 Å². The summed E-state index contributed by atoms with van der Waals surface area (Å²) in [6.07, 6.45) is 8.48. The molecule has 0 aromatic rings. The molecule has 0 aliphatic heterocycles. The van der Waals surface area contributed by atoms with Gasteiger partial charge >= 0.3 is 29.6 Å². The van der Waals surface area contributed by atoms with E-state index >= 15 is 0 Å². The largest absolute Gasteiger partial charge is 1.00 e. The Morgan fingerprint density at radius 3 is 2.09 bits per heavy atom. The molecule has 0 aromatic heterocycles. The Labute approximate surface area is 219 Å². The van der Waals surface area contributed by atoms with E-state index in [2.05, 4.69) is 16.8 Å². The summed E-state index contributed by atoms with van der Waals surface area (Å²) in [6, 6.07) is 0. The normalized spacial score (nSPS) is 15.7. The molecule has 1 amide bonds. The SMILES string of the molecule is CCCCCCCCCCCC(=O)NCC[N+](CCO)(CC(=O)[O-])CC(O)OP(=O)([O-])O.[Na+]. The van der Waals surface area contributed by atoms with Crippen molar-refractivity contribution in [2.45, 2.75) is 77.4 Å². The summed E-state index contributed by atoms with van der Waals surface area (Å²) in [6.45, 7) is 0.399. The maximum Gasteiger partial charge on any atom is 1.00 e. The van der Waals surface area contributed by atoms with Gasteiger partial charge in [0.15, 0.2) is 0 Å². The first-order valence-electron chi connectivity index (χ1n) is 11.4. The van der Waals surface area contributed by atoms with Crippen LogP contribution in [0.25, 0.3) is 0 Å². The maximum absolute atomic E-state index is 12.0. The Morgan fingerprint density at radius 1 is 1.06 bits per heavy atom. The van der Waals surface area contributed by atoms with Gasteiger partial charge in [-0.15, -0.1) is 0 Å². The maximum atomic E-state index is 12.0. The van der Waals surface area contributed by atoms with Gasteiger partial charge in [-0.1, -0.05) is 58.3 Å². The van der Waals surface area contributed by atoms with Crippen molar-refractivity contribution in [1.82, 2.24) is 5.32 Å². The number of unbranched alkanes of at least 4 members (excludes halogenated alkanes) is 8. The number of phosphoric ester groups is 1. The van der Waals surface area contributed by atoms with Gasteiger partial charge in [0, 0.05) is 6.42 Å². The topological polar surface area (TPSA) is 179 Å². The molecule has 3 unspecified atom stereocenters. The Hall–Kier alpha value is -0.0700. The van der Waals surface area contributed by atoms with Crippen molar-refractivity contribution < 1.29 is 77.8 Å². The molecule has 13 heteroatoms. The molecule has 0 aliphatic rings. The van der Waals surface area contributed by atoms with Crippen molar-refractivity contribution in [1.29, 1.82) is 0 Å². The summed E-state index contributed by atoms with van der Waals surface area (Å²) in [5.74, 6) is -1.68. The van der Waals surface area contributed by atoms with Gasteiger partial charge in [-0.25, -0.2) is 0 Å². The average Bonchev–Trinajstić information content (AvgIpc) is 2.64. The third kappa shape index (κ3) is 21.0. The van der Waals surface area contributed by atoms with E-state index in [-0.39, 0.29) is 55.1 Å². The number of carbonyl (C=O) groups is 2. The zero-order valence-corrected chi connectivity index (χ0v) is 23.0. The summed E-state index contributed by atoms with van der Waals surface area (Å²) in [5.41, 5.74) is 0. The van der Waals surface area contributed by atoms with Crippen molar-refractivity contribution in [2.24, 2.45) is 0 Å². The van der Waals surface area contributed by atoms with Crippen molar-refractivity contribution in [3.8, 4) is 0 Å². The van der Waals surface area contributed by atoms with Crippen molar-refractivity contribution in [2.75, 3.05) is 39.3 Å². The van der Waals surface area contributed by atoms with E-state index in [1.165, 1.54) is 32.1 Å². The summed E-state index contributed by atoms with van der Waals surface area (Å²) in [5, 5.41) is 32.9. The third-order valence-corrected chi connectivity index (χ3v) is 5.76. The number of hydrogen-bond donors (Lipinski definition) is 4. The Morgan fingerprint density at radius 2 is 1.61 bits per heavy atom. The number of aliphatic hydroxyl groups excluding tert-OH is 2. The number of rotatable bonds is 21. The van der Waals surface area contributed by atoms with Crippen LogP contribution >= 0.6 is 7.82 Å². The molecule has 11 nitrogen and oxygen atoms in total. The fraction of sp³-hybridized carbons (Fsp3) is 0.900. The molecular weight excluding hydrogens is 466 g/mol. The molecule has 0 heterocycles. The van der Waals surface area contributed by atoms with E-state index in [9.17, 15) is 34.4 Å². The first kappa shape index (κ1) is 35.1. The number of carbonyl (C=O) groups excluding carboxylic acids is 2. The fourth-order valence-electron chi connectivity index (χ4n) is 3.64. The standard InChI is InChI=1S/C20H41N2O9P.Na/c1-2-3-4-5-6-7-8-9-10-11-18(24)21-12-13-22(14-15-23,16-19(25)26)17-20(27)31-32(28,29)30;/h20,23,27H,2-17H2,1H3,(H3-,21,24,25,26,28,29,30);/q;+1/p-1. The zero-order valence-electron chi connectivity index (χ0n) is 20.1. The molecular formula is C20H40N2NaO9P. The number of nitrogens with zero attached hydrogens (tertiary/aromatic N) is 1. The number of hydrogen-bond acceptors (Lipinski definition) is 8. The zero-order chi connectivity index (χ0) is 24.5. The van der Waals surface area contributed by atoms with Gasteiger partial charge in [0.1, 0.15) is 19.6 Å². The second-order valence-electron chi connectivity index (χ2n) is 8.18. The molecule has 0 saturated carbocycles. The number of carboxylic acid groups (broad SMARTS) is 1. The minimum atomic E-state index is -5.24. The van der Waals surface area contributed by atoms with E-state index in [0.717, 1.165) is 25.7 Å². The van der Waals surface area contributed by atoms with E-state index in [1.54, 1.807) is 0 Å². The van der Waals surface area contributed by atoms with E-state index in [4.69, 9.17) is 4.89 Å². The second kappa shape index (κ2) is 20.2. The summed E-state index contributed by atoms with van der Waals surface area (Å²) in [4.78, 5) is 42.7. The number of carboxylic acids is 1. The monoisotopic (exact) mass is 506 g/mol. The number of aliphatic hydroxyl groups is 2. The van der Waals surface area contributed by atoms with Crippen LogP contribution in [-0.2, 0) is 18.7 Å². The van der Waals surface area contributed by atoms with Crippen molar-refractivity contribution in [3.05, 3.63) is 0 Å². The van der Waals surface area contributed by atoms with E-state index < -0.39 is 44.3 Å². The number of phosphoric acid groups is 1. The Kier molecular flexibility index (Phi) is 21.4. The molecule has 0 spiro atoms. The quantitative estimate of drug-likeness (QED) is 0.0402. The van der Waals surface area contributed by atoms with Crippen LogP contribution in [0.3, 0.4) is 0 Å². The smallest absolute Gasteiger partial charge is 0.756 e. The van der Waals surface area contributed by atoms with Gasteiger partial charge in [-0.2, -0.15) is 0 Å². The van der Waals surface area contributed by atoms with Crippen molar-refractivity contribution in [3.63, 3.8) is 0 Å². The van der Waals surface area contributed by atoms with Gasteiger partial charge in [0.2, 0.25) is 12.2 Å². The minimum absolute atomic E-state index is 0. The molecule has 190 valence electrons. The van der Waals surface area contributed by atoms with Crippen LogP contribution in [0.4, 0.5) is 0 Å². The predicted molar refractivity (Wildman–Crippen MR) is 114 cm³/mol. The minimum Gasteiger partial charge on any atom is -0.756 e. The van der Waals surface area contributed by atoms with E-state index in [1.807, 2.05) is 0 Å². The second-order valence-corrected chi connectivity index (χ2v) is 9.33. The number of quaternary nitrogens is 1. The fourth-order valence-corrected chi connectivity index (χ4v) is 4.01. The van der Waals surface area contributed by atoms with Gasteiger partial charge in [-0.05, 0) is 6.42 Å². The third-order valence-electron chi connectivity index (χ3n) is 5.25. The Bertz CT molecular complexity index is 580. The van der Waals surface area contributed by atoms with E-state index in [0.29, 0.717) is 6.42 Å². The van der Waals surface area contributed by atoms with Crippen LogP contribution in [0.2, 0.25) is 0 Å².